The van der Waals surface area contributed by atoms with Gasteiger partial charge in [0.1, 0.15) is 5.82 Å². The van der Waals surface area contributed by atoms with Crippen LogP contribution in [0.25, 0.3) is 0 Å². The van der Waals surface area contributed by atoms with Gasteiger partial charge in [-0.05, 0) is 61.0 Å². The second-order valence-corrected chi connectivity index (χ2v) is 5.43. The largest absolute Gasteiger partial charge is 0.459 e. The van der Waals surface area contributed by atoms with Gasteiger partial charge in [0, 0.05) is 16.9 Å². The van der Waals surface area contributed by atoms with Gasteiger partial charge >= 0.3 is 0 Å². The van der Waals surface area contributed by atoms with Gasteiger partial charge in [0.2, 0.25) is 0 Å². The Hall–Kier alpha value is -3.41. The quantitative estimate of drug-likeness (QED) is 0.748. The van der Waals surface area contributed by atoms with E-state index in [1.54, 1.807) is 55.5 Å². The zero-order chi connectivity index (χ0) is 17.8. The molecule has 3 aromatic rings. The summed E-state index contributed by atoms with van der Waals surface area (Å²) in [6.45, 7) is 1.65. The molecule has 126 valence electrons. The average molecular weight is 338 g/mol. The van der Waals surface area contributed by atoms with Gasteiger partial charge in [-0.2, -0.15) is 0 Å². The molecule has 0 aliphatic carbocycles. The predicted octanol–water partition coefficient (Wildman–Crippen LogP) is 4.23. The topological polar surface area (TPSA) is 71.3 Å². The first-order chi connectivity index (χ1) is 12.0. The lowest BCUT2D eigenvalue weighted by atomic mass is 10.1. The van der Waals surface area contributed by atoms with Crippen molar-refractivity contribution in [3.8, 4) is 0 Å². The summed E-state index contributed by atoms with van der Waals surface area (Å²) in [6, 6.07) is 14.0. The van der Waals surface area contributed by atoms with Crippen LogP contribution in [0.2, 0.25) is 0 Å². The third-order valence-electron chi connectivity index (χ3n) is 3.58. The summed E-state index contributed by atoms with van der Waals surface area (Å²) in [7, 11) is 0. The molecule has 0 bridgehead atoms. The minimum absolute atomic E-state index is 0.197. The molecular weight excluding hydrogens is 323 g/mol. The zero-order valence-electron chi connectivity index (χ0n) is 13.4. The van der Waals surface area contributed by atoms with Gasteiger partial charge in [0.25, 0.3) is 11.8 Å². The number of benzene rings is 2. The van der Waals surface area contributed by atoms with Gasteiger partial charge in [-0.1, -0.05) is 6.07 Å². The summed E-state index contributed by atoms with van der Waals surface area (Å²) in [5.41, 5.74) is 1.80. The standard InChI is InChI=1S/C19H15FN2O3/c1-12-4-7-15(11-16(12)20)22-18(23)13-5-8-14(9-6-13)21-19(24)17-3-2-10-25-17/h2-11H,1H3,(H,21,24)(H,22,23). The molecule has 0 atom stereocenters. The monoisotopic (exact) mass is 338 g/mol. The minimum atomic E-state index is -0.381. The molecule has 6 heteroatoms. The van der Waals surface area contributed by atoms with E-state index in [2.05, 4.69) is 10.6 Å². The van der Waals surface area contributed by atoms with Crippen molar-refractivity contribution < 1.29 is 18.4 Å². The Labute approximate surface area is 143 Å². The molecule has 0 fully saturated rings. The Balaban J connectivity index is 1.66. The van der Waals surface area contributed by atoms with Gasteiger partial charge in [-0.25, -0.2) is 4.39 Å². The highest BCUT2D eigenvalue weighted by atomic mass is 19.1. The lowest BCUT2D eigenvalue weighted by Gasteiger charge is -2.08. The molecule has 2 N–H and O–H groups in total. The Morgan fingerprint density at radius 3 is 2.24 bits per heavy atom. The van der Waals surface area contributed by atoms with E-state index in [0.717, 1.165) is 0 Å². The van der Waals surface area contributed by atoms with Crippen molar-refractivity contribution in [2.24, 2.45) is 0 Å². The molecule has 1 aromatic heterocycles. The molecule has 2 amide bonds. The predicted molar refractivity (Wildman–Crippen MR) is 92.2 cm³/mol. The lowest BCUT2D eigenvalue weighted by Crippen LogP contribution is -2.13. The number of halogens is 1. The molecule has 0 aliphatic rings. The third-order valence-corrected chi connectivity index (χ3v) is 3.58. The molecule has 2 aromatic carbocycles. The highest BCUT2D eigenvalue weighted by Crippen LogP contribution is 2.16. The first-order valence-corrected chi connectivity index (χ1v) is 7.55. The fourth-order valence-corrected chi connectivity index (χ4v) is 2.18. The van der Waals surface area contributed by atoms with Crippen LogP contribution < -0.4 is 10.6 Å². The maximum atomic E-state index is 13.5. The van der Waals surface area contributed by atoms with E-state index < -0.39 is 0 Å². The number of carbonyl (C=O) groups is 2. The number of furan rings is 1. The van der Waals surface area contributed by atoms with Crippen LogP contribution in [0.1, 0.15) is 26.5 Å². The second-order valence-electron chi connectivity index (χ2n) is 5.43. The minimum Gasteiger partial charge on any atom is -0.459 e. The van der Waals surface area contributed by atoms with Crippen LogP contribution in [0, 0.1) is 12.7 Å². The van der Waals surface area contributed by atoms with Crippen molar-refractivity contribution in [3.63, 3.8) is 0 Å². The van der Waals surface area contributed by atoms with E-state index in [1.807, 2.05) is 0 Å². The summed E-state index contributed by atoms with van der Waals surface area (Å²) >= 11 is 0. The molecule has 0 spiro atoms. The van der Waals surface area contributed by atoms with E-state index in [1.165, 1.54) is 12.3 Å². The fraction of sp³-hybridized carbons (Fsp3) is 0.0526. The van der Waals surface area contributed by atoms with Gasteiger partial charge in [-0.15, -0.1) is 0 Å². The van der Waals surface area contributed by atoms with Crippen molar-refractivity contribution in [2.45, 2.75) is 6.92 Å². The van der Waals surface area contributed by atoms with E-state index in [0.29, 0.717) is 22.5 Å². The lowest BCUT2D eigenvalue weighted by molar-refractivity contribution is 0.0995. The smallest absolute Gasteiger partial charge is 0.291 e. The van der Waals surface area contributed by atoms with Crippen LogP contribution in [0.15, 0.2) is 65.3 Å². The Kier molecular flexibility index (Phi) is 4.61. The molecule has 25 heavy (non-hydrogen) atoms. The summed E-state index contributed by atoms with van der Waals surface area (Å²) in [5.74, 6) is -0.929. The normalized spacial score (nSPS) is 10.3. The van der Waals surface area contributed by atoms with Crippen molar-refractivity contribution in [1.82, 2.24) is 0 Å². The molecule has 3 rings (SSSR count). The number of carbonyl (C=O) groups excluding carboxylic acids is 2. The van der Waals surface area contributed by atoms with Crippen LogP contribution in [0.3, 0.4) is 0 Å². The molecule has 0 saturated heterocycles. The Bertz CT molecular complexity index is 903. The summed E-state index contributed by atoms with van der Waals surface area (Å²) in [4.78, 5) is 24.1. The third kappa shape index (κ3) is 3.92. The number of aryl methyl sites for hydroxylation is 1. The number of hydrogen-bond donors (Lipinski definition) is 2. The van der Waals surface area contributed by atoms with Crippen molar-refractivity contribution in [2.75, 3.05) is 10.6 Å². The number of amides is 2. The van der Waals surface area contributed by atoms with Crippen molar-refractivity contribution in [3.05, 3.63) is 83.6 Å². The number of hydrogen-bond acceptors (Lipinski definition) is 3. The van der Waals surface area contributed by atoms with Gasteiger partial charge in [-0.3, -0.25) is 9.59 Å². The molecule has 5 nitrogen and oxygen atoms in total. The zero-order valence-corrected chi connectivity index (χ0v) is 13.4. The van der Waals surface area contributed by atoms with Crippen LogP contribution in [-0.4, -0.2) is 11.8 Å². The molecule has 0 unspecified atom stereocenters. The number of nitrogens with one attached hydrogen (secondary N) is 2. The molecule has 0 saturated carbocycles. The summed E-state index contributed by atoms with van der Waals surface area (Å²) < 4.78 is 18.5. The fourth-order valence-electron chi connectivity index (χ4n) is 2.18. The van der Waals surface area contributed by atoms with Crippen LogP contribution >= 0.6 is 0 Å². The summed E-state index contributed by atoms with van der Waals surface area (Å²) in [6.07, 6.45) is 1.41. The maximum absolute atomic E-state index is 13.5. The maximum Gasteiger partial charge on any atom is 0.291 e. The Morgan fingerprint density at radius 2 is 1.60 bits per heavy atom. The van der Waals surface area contributed by atoms with Crippen LogP contribution in [0.4, 0.5) is 15.8 Å². The Morgan fingerprint density at radius 1 is 0.920 bits per heavy atom. The van der Waals surface area contributed by atoms with Crippen molar-refractivity contribution >= 4 is 23.2 Å². The van der Waals surface area contributed by atoms with Gasteiger partial charge in [0.15, 0.2) is 5.76 Å². The second kappa shape index (κ2) is 7.00. The number of rotatable bonds is 4. The highest BCUT2D eigenvalue weighted by molar-refractivity contribution is 6.05. The van der Waals surface area contributed by atoms with Gasteiger partial charge in [0.05, 0.1) is 6.26 Å². The summed E-state index contributed by atoms with van der Waals surface area (Å²) in [5, 5.41) is 5.29. The molecule has 0 aliphatic heterocycles. The van der Waals surface area contributed by atoms with Gasteiger partial charge < -0.3 is 15.1 Å². The van der Waals surface area contributed by atoms with Crippen LogP contribution in [0.5, 0.6) is 0 Å². The van der Waals surface area contributed by atoms with Crippen LogP contribution in [-0.2, 0) is 0 Å². The first-order valence-electron chi connectivity index (χ1n) is 7.55. The number of anilines is 2. The molecular formula is C19H15FN2O3. The highest BCUT2D eigenvalue weighted by Gasteiger charge is 2.10. The van der Waals surface area contributed by atoms with Crippen molar-refractivity contribution in [1.29, 1.82) is 0 Å². The molecule has 1 heterocycles. The average Bonchev–Trinajstić information content (AvgIpc) is 3.13. The first kappa shape index (κ1) is 16.4. The molecule has 0 radical (unpaired) electrons. The van der Waals surface area contributed by atoms with E-state index in [-0.39, 0.29) is 23.4 Å². The van der Waals surface area contributed by atoms with E-state index >= 15 is 0 Å². The van der Waals surface area contributed by atoms with E-state index in [4.69, 9.17) is 4.42 Å². The van der Waals surface area contributed by atoms with E-state index in [9.17, 15) is 14.0 Å². The SMILES string of the molecule is Cc1ccc(NC(=O)c2ccc(NC(=O)c3ccco3)cc2)cc1F.